The minimum Gasteiger partial charge on any atom is -0.481 e. The number of likely N-dealkylation sites (tertiary alicyclic amines) is 1. The summed E-state index contributed by atoms with van der Waals surface area (Å²) in [6.45, 7) is 2.42. The van der Waals surface area contributed by atoms with E-state index in [1.807, 2.05) is 0 Å². The number of benzene rings is 2. The van der Waals surface area contributed by atoms with Crippen LogP contribution >= 0.6 is 23.2 Å². The summed E-state index contributed by atoms with van der Waals surface area (Å²) in [6.07, 6.45) is 2.76. The predicted molar refractivity (Wildman–Crippen MR) is 131 cm³/mol. The zero-order valence-electron chi connectivity index (χ0n) is 19.2. The van der Waals surface area contributed by atoms with E-state index in [1.54, 1.807) is 24.3 Å². The zero-order valence-corrected chi connectivity index (χ0v) is 20.7. The van der Waals surface area contributed by atoms with Crippen molar-refractivity contribution in [2.75, 3.05) is 13.1 Å². The fourth-order valence-electron chi connectivity index (χ4n) is 3.83. The number of fused-ring (bicyclic) bond motifs is 1. The van der Waals surface area contributed by atoms with Crippen LogP contribution in [0.2, 0.25) is 10.0 Å². The van der Waals surface area contributed by atoms with E-state index in [9.17, 15) is 19.2 Å². The predicted octanol–water partition coefficient (Wildman–Crippen LogP) is 5.36. The Bertz CT molecular complexity index is 1360. The van der Waals surface area contributed by atoms with E-state index >= 15 is 0 Å². The molecule has 0 spiro atoms. The highest BCUT2D eigenvalue weighted by Crippen LogP contribution is 2.35. The van der Waals surface area contributed by atoms with Crippen LogP contribution in [-0.4, -0.2) is 45.8 Å². The van der Waals surface area contributed by atoms with Crippen LogP contribution in [0.25, 0.3) is 11.0 Å². The summed E-state index contributed by atoms with van der Waals surface area (Å²) in [5.41, 5.74) is 1.02. The van der Waals surface area contributed by atoms with Gasteiger partial charge in [0, 0.05) is 30.2 Å². The van der Waals surface area contributed by atoms with Gasteiger partial charge in [-0.3, -0.25) is 9.59 Å². The molecule has 8 nitrogen and oxygen atoms in total. The lowest BCUT2D eigenvalue weighted by molar-refractivity contribution is -0.142. The number of ether oxygens (including phenoxy) is 2. The Hall–Kier alpha value is -3.48. The molecule has 1 fully saturated rings. The van der Waals surface area contributed by atoms with Crippen molar-refractivity contribution >= 4 is 45.9 Å². The van der Waals surface area contributed by atoms with E-state index in [0.29, 0.717) is 29.1 Å². The Labute approximate surface area is 216 Å². The average molecular weight is 531 g/mol. The van der Waals surface area contributed by atoms with Crippen molar-refractivity contribution in [1.82, 2.24) is 14.9 Å². The second kappa shape index (κ2) is 11.1. The average Bonchev–Trinajstić information content (AvgIpc) is 2.87. The van der Waals surface area contributed by atoms with Gasteiger partial charge in [-0.1, -0.05) is 23.2 Å². The number of ketones is 1. The summed E-state index contributed by atoms with van der Waals surface area (Å²) in [5.74, 6) is -3.86. The monoisotopic (exact) mass is 530 g/mol. The zero-order chi connectivity index (χ0) is 25.8. The van der Waals surface area contributed by atoms with Crippen LogP contribution in [-0.2, 0) is 9.59 Å². The lowest BCUT2D eigenvalue weighted by atomic mass is 9.99. The first-order valence-electron chi connectivity index (χ1n) is 11.2. The van der Waals surface area contributed by atoms with Crippen LogP contribution in [0, 0.1) is 23.1 Å². The number of nitriles is 1. The molecule has 36 heavy (non-hydrogen) atoms. The molecule has 3 aromatic rings. The summed E-state index contributed by atoms with van der Waals surface area (Å²) in [7, 11) is 0. The van der Waals surface area contributed by atoms with Gasteiger partial charge in [-0.05, 0) is 44.4 Å². The first-order chi connectivity index (χ1) is 17.3. The Morgan fingerprint density at radius 3 is 2.58 bits per heavy atom. The van der Waals surface area contributed by atoms with Gasteiger partial charge < -0.3 is 14.4 Å². The van der Waals surface area contributed by atoms with Gasteiger partial charge in [-0.15, -0.1) is 0 Å². The SMILES string of the molecule is CC(Oc1cc(Oc2cnc3cc(Cl)ccc3n2)c(F)cc1Cl)C(=O)C(C#N)C(=O)N1CCCCC1. The van der Waals surface area contributed by atoms with Crippen molar-refractivity contribution in [3.05, 3.63) is 52.4 Å². The van der Waals surface area contributed by atoms with E-state index in [0.717, 1.165) is 25.3 Å². The largest absolute Gasteiger partial charge is 0.481 e. The minimum absolute atomic E-state index is 0.0118. The number of amides is 1. The number of carbonyl (C=O) groups excluding carboxylic acids is 2. The number of halogens is 3. The highest BCUT2D eigenvalue weighted by atomic mass is 35.5. The first-order valence-corrected chi connectivity index (χ1v) is 12.0. The van der Waals surface area contributed by atoms with Gasteiger partial charge in [-0.25, -0.2) is 14.4 Å². The van der Waals surface area contributed by atoms with Gasteiger partial charge in [0.1, 0.15) is 5.75 Å². The van der Waals surface area contributed by atoms with Crippen LogP contribution in [0.5, 0.6) is 17.4 Å². The van der Waals surface area contributed by atoms with Gasteiger partial charge in [0.25, 0.3) is 0 Å². The Morgan fingerprint density at radius 2 is 1.86 bits per heavy atom. The Morgan fingerprint density at radius 1 is 1.11 bits per heavy atom. The maximum absolute atomic E-state index is 14.6. The molecule has 1 aliphatic rings. The normalized spacial score (nSPS) is 15.1. The van der Waals surface area contributed by atoms with Crippen LogP contribution in [0.4, 0.5) is 4.39 Å². The second-order valence-corrected chi connectivity index (χ2v) is 9.11. The number of nitrogens with zero attached hydrogens (tertiary/aromatic N) is 4. The van der Waals surface area contributed by atoms with E-state index in [-0.39, 0.29) is 22.4 Å². The summed E-state index contributed by atoms with van der Waals surface area (Å²) in [5, 5.41) is 9.89. The van der Waals surface area contributed by atoms with E-state index in [4.69, 9.17) is 32.7 Å². The first kappa shape index (κ1) is 25.6. The van der Waals surface area contributed by atoms with Gasteiger partial charge in [-0.2, -0.15) is 5.26 Å². The number of rotatable bonds is 7. The number of hydrogen-bond acceptors (Lipinski definition) is 7. The second-order valence-electron chi connectivity index (χ2n) is 8.27. The lowest BCUT2D eigenvalue weighted by Gasteiger charge is -2.28. The van der Waals surface area contributed by atoms with Crippen LogP contribution in [0.1, 0.15) is 26.2 Å². The third kappa shape index (κ3) is 5.66. The molecule has 186 valence electrons. The number of Topliss-reactive ketones (excluding diaryl/α,β-unsaturated/α-hetero) is 1. The molecule has 2 aromatic carbocycles. The van der Waals surface area contributed by atoms with Crippen LogP contribution in [0.3, 0.4) is 0 Å². The van der Waals surface area contributed by atoms with Gasteiger partial charge in [0.05, 0.1) is 28.3 Å². The molecule has 0 aliphatic carbocycles. The van der Waals surface area contributed by atoms with Crippen molar-refractivity contribution in [1.29, 1.82) is 5.26 Å². The Balaban J connectivity index is 1.51. The lowest BCUT2D eigenvalue weighted by Crippen LogP contribution is -2.44. The van der Waals surface area contributed by atoms with Crippen LogP contribution < -0.4 is 9.47 Å². The van der Waals surface area contributed by atoms with Crippen molar-refractivity contribution < 1.29 is 23.5 Å². The van der Waals surface area contributed by atoms with Crippen LogP contribution in [0.15, 0.2) is 36.5 Å². The van der Waals surface area contributed by atoms with Crippen molar-refractivity contribution in [2.45, 2.75) is 32.3 Å². The molecule has 0 radical (unpaired) electrons. The molecule has 0 bridgehead atoms. The van der Waals surface area contributed by atoms with E-state index in [2.05, 4.69) is 9.97 Å². The molecule has 1 saturated heterocycles. The van der Waals surface area contributed by atoms with E-state index in [1.165, 1.54) is 24.1 Å². The molecule has 1 aliphatic heterocycles. The maximum Gasteiger partial charge on any atom is 0.247 e. The van der Waals surface area contributed by atoms with Crippen molar-refractivity contribution in [2.24, 2.45) is 5.92 Å². The highest BCUT2D eigenvalue weighted by Gasteiger charge is 2.35. The number of piperidine rings is 1. The third-order valence-corrected chi connectivity index (χ3v) is 6.25. The Kier molecular flexibility index (Phi) is 7.87. The smallest absolute Gasteiger partial charge is 0.247 e. The summed E-state index contributed by atoms with van der Waals surface area (Å²) in [4.78, 5) is 35.6. The van der Waals surface area contributed by atoms with Gasteiger partial charge in [0.15, 0.2) is 29.4 Å². The third-order valence-electron chi connectivity index (χ3n) is 5.72. The molecular weight excluding hydrogens is 510 g/mol. The molecule has 4 rings (SSSR count). The molecule has 0 N–H and O–H groups in total. The summed E-state index contributed by atoms with van der Waals surface area (Å²) >= 11 is 12.1. The molecule has 2 unspecified atom stereocenters. The molecule has 1 amide bonds. The van der Waals surface area contributed by atoms with Gasteiger partial charge in [0.2, 0.25) is 11.8 Å². The fraction of sp³-hybridized carbons (Fsp3) is 0.320. The molecule has 11 heteroatoms. The number of aromatic nitrogens is 2. The van der Waals surface area contributed by atoms with E-state index < -0.39 is 29.5 Å². The topological polar surface area (TPSA) is 105 Å². The molecule has 2 heterocycles. The standard InChI is InChI=1S/C25H21Cl2FN4O4/c1-14(24(33)16(12-29)25(34)32-7-3-2-4-8-32)35-21-11-22(18(28)10-17(21)27)36-23-13-30-20-9-15(26)5-6-19(20)31-23/h5-6,9-11,13-14,16H,2-4,7-8H2,1H3. The fourth-order valence-corrected chi connectivity index (χ4v) is 4.19. The summed E-state index contributed by atoms with van der Waals surface area (Å²) < 4.78 is 25.8. The molecule has 0 saturated carbocycles. The maximum atomic E-state index is 14.6. The number of carbonyl (C=O) groups is 2. The number of hydrogen-bond donors (Lipinski definition) is 0. The molecular formula is C25H21Cl2FN4O4. The minimum atomic E-state index is -1.51. The van der Waals surface area contributed by atoms with Gasteiger partial charge >= 0.3 is 0 Å². The van der Waals surface area contributed by atoms with Crippen molar-refractivity contribution in [3.63, 3.8) is 0 Å². The summed E-state index contributed by atoms with van der Waals surface area (Å²) in [6, 6.07) is 8.85. The highest BCUT2D eigenvalue weighted by molar-refractivity contribution is 6.32. The van der Waals surface area contributed by atoms with Crippen molar-refractivity contribution in [3.8, 4) is 23.4 Å². The quantitative estimate of drug-likeness (QED) is 0.378. The molecule has 2 atom stereocenters. The molecule has 1 aromatic heterocycles.